The van der Waals surface area contributed by atoms with Crippen molar-refractivity contribution < 1.29 is 19.1 Å². The van der Waals surface area contributed by atoms with Gasteiger partial charge in [0, 0.05) is 0 Å². The standard InChI is InChI=1S/C19H18ClNO4/c1-2-25-19(24)13-9-12(7-8-14(13)20)21-17(22)15-10-3-4-11(6-5-10)16(15)18(21)23/h3-4,7-11,15-16H,2,5-6H2,1H3/t10-,11-,15-,16+/m0/s1. The van der Waals surface area contributed by atoms with E-state index in [1.807, 2.05) is 0 Å². The van der Waals surface area contributed by atoms with Crippen LogP contribution in [0.4, 0.5) is 5.69 Å². The van der Waals surface area contributed by atoms with Crippen LogP contribution in [0.5, 0.6) is 0 Å². The Kier molecular flexibility index (Phi) is 3.91. The Hall–Kier alpha value is -2.14. The zero-order valence-electron chi connectivity index (χ0n) is 13.8. The van der Waals surface area contributed by atoms with Crippen molar-refractivity contribution in [3.05, 3.63) is 40.9 Å². The lowest BCUT2D eigenvalue weighted by Crippen LogP contribution is -2.38. The van der Waals surface area contributed by atoms with E-state index in [0.29, 0.717) is 5.69 Å². The molecule has 2 fully saturated rings. The second kappa shape index (κ2) is 5.99. The largest absolute Gasteiger partial charge is 0.462 e. The van der Waals surface area contributed by atoms with Gasteiger partial charge < -0.3 is 4.74 Å². The highest BCUT2D eigenvalue weighted by Crippen LogP contribution is 2.50. The summed E-state index contributed by atoms with van der Waals surface area (Å²) in [5.41, 5.74) is 0.550. The molecule has 2 amide bonds. The van der Waals surface area contributed by atoms with Crippen LogP contribution in [0.1, 0.15) is 30.1 Å². The molecular formula is C19H18ClNO4. The molecule has 1 saturated heterocycles. The molecule has 1 heterocycles. The molecule has 25 heavy (non-hydrogen) atoms. The van der Waals surface area contributed by atoms with Crippen LogP contribution in [-0.2, 0) is 14.3 Å². The lowest BCUT2D eigenvalue weighted by atomic mass is 9.63. The minimum Gasteiger partial charge on any atom is -0.462 e. The second-order valence-corrected chi connectivity index (χ2v) is 7.15. The van der Waals surface area contributed by atoms with Crippen LogP contribution < -0.4 is 4.90 Å². The highest BCUT2D eigenvalue weighted by Gasteiger charge is 2.56. The van der Waals surface area contributed by atoms with Crippen LogP contribution >= 0.6 is 11.6 Å². The molecule has 1 aromatic carbocycles. The number of halogens is 1. The first-order valence-corrected chi connectivity index (χ1v) is 8.93. The zero-order chi connectivity index (χ0) is 17.7. The Morgan fingerprint density at radius 2 is 1.76 bits per heavy atom. The van der Waals surface area contributed by atoms with Crippen LogP contribution in [-0.4, -0.2) is 24.4 Å². The predicted octanol–water partition coefficient (Wildman–Crippen LogP) is 3.22. The number of hydrogen-bond acceptors (Lipinski definition) is 4. The lowest BCUT2D eigenvalue weighted by Gasteiger charge is -2.38. The van der Waals surface area contributed by atoms with Gasteiger partial charge in [-0.15, -0.1) is 0 Å². The molecule has 1 aromatic rings. The highest BCUT2D eigenvalue weighted by molar-refractivity contribution is 6.34. The molecule has 5 nitrogen and oxygen atoms in total. The monoisotopic (exact) mass is 359 g/mol. The first kappa shape index (κ1) is 16.3. The summed E-state index contributed by atoms with van der Waals surface area (Å²) in [6.07, 6.45) is 6.06. The Balaban J connectivity index is 1.71. The van der Waals surface area contributed by atoms with Crippen molar-refractivity contribution in [2.75, 3.05) is 11.5 Å². The third kappa shape index (κ3) is 2.41. The van der Waals surface area contributed by atoms with Crippen LogP contribution in [0.15, 0.2) is 30.4 Å². The summed E-state index contributed by atoms with van der Waals surface area (Å²) in [5.74, 6) is -1.21. The third-order valence-electron chi connectivity index (χ3n) is 5.46. The van der Waals surface area contributed by atoms with Crippen molar-refractivity contribution in [2.45, 2.75) is 19.8 Å². The van der Waals surface area contributed by atoms with Crippen molar-refractivity contribution in [2.24, 2.45) is 23.7 Å². The van der Waals surface area contributed by atoms with E-state index in [0.717, 1.165) is 12.8 Å². The Labute approximate surface area is 150 Å². The van der Waals surface area contributed by atoms with Gasteiger partial charge in [0.1, 0.15) is 0 Å². The summed E-state index contributed by atoms with van der Waals surface area (Å²) in [4.78, 5) is 39.2. The van der Waals surface area contributed by atoms with Crippen molar-refractivity contribution in [1.82, 2.24) is 0 Å². The molecule has 0 N–H and O–H groups in total. The quantitative estimate of drug-likeness (QED) is 0.472. The number of carbonyl (C=O) groups excluding carboxylic acids is 3. The lowest BCUT2D eigenvalue weighted by molar-refractivity contribution is -0.124. The van der Waals surface area contributed by atoms with Crippen molar-refractivity contribution in [3.63, 3.8) is 0 Å². The molecule has 3 aliphatic carbocycles. The predicted molar refractivity (Wildman–Crippen MR) is 92.2 cm³/mol. The Morgan fingerprint density at radius 1 is 1.16 bits per heavy atom. The smallest absolute Gasteiger partial charge is 0.339 e. The number of imide groups is 1. The maximum atomic E-state index is 13.0. The van der Waals surface area contributed by atoms with Crippen molar-refractivity contribution in [1.29, 1.82) is 0 Å². The molecule has 0 radical (unpaired) electrons. The number of allylic oxidation sites excluding steroid dienone is 2. The van der Waals surface area contributed by atoms with Gasteiger partial charge in [-0.05, 0) is 49.8 Å². The summed E-state index contributed by atoms with van der Waals surface area (Å²) in [5, 5.41) is 0.237. The van der Waals surface area contributed by atoms with E-state index in [1.54, 1.807) is 13.0 Å². The van der Waals surface area contributed by atoms with Gasteiger partial charge in [-0.2, -0.15) is 0 Å². The number of rotatable bonds is 3. The van der Waals surface area contributed by atoms with Gasteiger partial charge in [-0.1, -0.05) is 23.8 Å². The minimum absolute atomic E-state index is 0.133. The number of nitrogens with zero attached hydrogens (tertiary/aromatic N) is 1. The van der Waals surface area contributed by atoms with Crippen LogP contribution in [0.25, 0.3) is 0 Å². The van der Waals surface area contributed by atoms with Gasteiger partial charge in [0.2, 0.25) is 11.8 Å². The SMILES string of the molecule is CCOC(=O)c1cc(N2C(=O)[C@@H]3[C@H](C2=O)[C@H]2C=C[C@H]3CC2)ccc1Cl. The number of anilines is 1. The number of hydrogen-bond donors (Lipinski definition) is 0. The molecule has 4 atom stereocenters. The van der Waals surface area contributed by atoms with Gasteiger partial charge in [0.15, 0.2) is 0 Å². The average molecular weight is 360 g/mol. The van der Waals surface area contributed by atoms with E-state index in [-0.39, 0.29) is 52.7 Å². The molecule has 130 valence electrons. The maximum Gasteiger partial charge on any atom is 0.339 e. The van der Waals surface area contributed by atoms with E-state index in [4.69, 9.17) is 16.3 Å². The Bertz CT molecular complexity index is 771. The van der Waals surface area contributed by atoms with Gasteiger partial charge >= 0.3 is 5.97 Å². The summed E-state index contributed by atoms with van der Waals surface area (Å²) >= 11 is 6.09. The van der Waals surface area contributed by atoms with Crippen LogP contribution in [0.2, 0.25) is 5.02 Å². The molecule has 5 rings (SSSR count). The number of carbonyl (C=O) groups is 3. The number of fused-ring (bicyclic) bond motifs is 1. The fourth-order valence-corrected chi connectivity index (χ4v) is 4.54. The molecule has 4 aliphatic rings. The molecule has 6 heteroatoms. The second-order valence-electron chi connectivity index (χ2n) is 6.74. The fourth-order valence-electron chi connectivity index (χ4n) is 4.35. The fraction of sp³-hybridized carbons (Fsp3) is 0.421. The third-order valence-corrected chi connectivity index (χ3v) is 5.79. The molecule has 0 aromatic heterocycles. The molecule has 1 saturated carbocycles. The number of esters is 1. The van der Waals surface area contributed by atoms with E-state index in [9.17, 15) is 14.4 Å². The van der Waals surface area contributed by atoms with E-state index >= 15 is 0 Å². The average Bonchev–Trinajstić information content (AvgIpc) is 2.90. The first-order valence-electron chi connectivity index (χ1n) is 8.55. The normalized spacial score (nSPS) is 29.9. The maximum absolute atomic E-state index is 13.0. The Morgan fingerprint density at radius 3 is 2.28 bits per heavy atom. The number of amides is 2. The molecule has 2 bridgehead atoms. The number of benzene rings is 1. The molecule has 0 spiro atoms. The zero-order valence-corrected chi connectivity index (χ0v) is 14.5. The van der Waals surface area contributed by atoms with Gasteiger partial charge in [0.25, 0.3) is 0 Å². The van der Waals surface area contributed by atoms with Crippen molar-refractivity contribution >= 4 is 35.1 Å². The van der Waals surface area contributed by atoms with Crippen LogP contribution in [0, 0.1) is 23.7 Å². The number of ether oxygens (including phenoxy) is 1. The molecule has 1 aliphatic heterocycles. The molecular weight excluding hydrogens is 342 g/mol. The first-order chi connectivity index (χ1) is 12.0. The topological polar surface area (TPSA) is 63.7 Å². The van der Waals surface area contributed by atoms with E-state index < -0.39 is 5.97 Å². The highest BCUT2D eigenvalue weighted by atomic mass is 35.5. The summed E-state index contributed by atoms with van der Waals surface area (Å²) in [7, 11) is 0. The molecule has 0 unspecified atom stereocenters. The van der Waals surface area contributed by atoms with Gasteiger partial charge in [0.05, 0.1) is 34.7 Å². The minimum atomic E-state index is -0.562. The van der Waals surface area contributed by atoms with E-state index in [1.165, 1.54) is 17.0 Å². The van der Waals surface area contributed by atoms with Gasteiger partial charge in [-0.25, -0.2) is 9.69 Å². The summed E-state index contributed by atoms with van der Waals surface area (Å²) in [6, 6.07) is 4.61. The van der Waals surface area contributed by atoms with Crippen LogP contribution in [0.3, 0.4) is 0 Å². The summed E-state index contributed by atoms with van der Waals surface area (Å²) in [6.45, 7) is 1.93. The van der Waals surface area contributed by atoms with Crippen molar-refractivity contribution in [3.8, 4) is 0 Å². The van der Waals surface area contributed by atoms with Gasteiger partial charge in [-0.3, -0.25) is 9.59 Å². The van der Waals surface area contributed by atoms with E-state index in [2.05, 4.69) is 12.2 Å². The summed E-state index contributed by atoms with van der Waals surface area (Å²) < 4.78 is 5.00.